The first-order chi connectivity index (χ1) is 19.0. The van der Waals surface area contributed by atoms with Gasteiger partial charge < -0.3 is 23.7 Å². The van der Waals surface area contributed by atoms with E-state index in [1.165, 1.54) is 7.11 Å². The van der Waals surface area contributed by atoms with Gasteiger partial charge in [0.05, 0.1) is 43.9 Å². The number of cyclic esters (lactones) is 1. The third-order valence-electron chi connectivity index (χ3n) is 6.80. The van der Waals surface area contributed by atoms with E-state index in [2.05, 4.69) is 14.9 Å². The van der Waals surface area contributed by atoms with E-state index < -0.39 is 6.09 Å². The lowest BCUT2D eigenvalue weighted by atomic mass is 10.1. The summed E-state index contributed by atoms with van der Waals surface area (Å²) in [6.07, 6.45) is 2.85. The molecule has 1 aromatic carbocycles. The molecule has 0 unspecified atom stereocenters. The van der Waals surface area contributed by atoms with Gasteiger partial charge in [-0.05, 0) is 49.2 Å². The predicted molar refractivity (Wildman–Crippen MR) is 143 cm³/mol. The summed E-state index contributed by atoms with van der Waals surface area (Å²) in [6.45, 7) is 3.05. The van der Waals surface area contributed by atoms with Gasteiger partial charge in [-0.2, -0.15) is 0 Å². The van der Waals surface area contributed by atoms with Crippen LogP contribution < -0.4 is 19.1 Å². The molecule has 1 fully saturated rings. The summed E-state index contributed by atoms with van der Waals surface area (Å²) in [6, 6.07) is 11.1. The monoisotopic (exact) mass is 536 g/mol. The lowest BCUT2D eigenvalue weighted by Crippen LogP contribution is -2.37. The van der Waals surface area contributed by atoms with Crippen LogP contribution in [0.3, 0.4) is 0 Å². The number of amides is 1. The fraction of sp³-hybridized carbons (Fsp3) is 0.429. The van der Waals surface area contributed by atoms with Crippen LogP contribution in [0.5, 0.6) is 17.4 Å². The molecule has 2 aromatic heterocycles. The number of nitrogens with zero attached hydrogens (tertiary/aromatic N) is 4. The van der Waals surface area contributed by atoms with E-state index in [1.54, 1.807) is 36.4 Å². The van der Waals surface area contributed by atoms with Crippen molar-refractivity contribution in [2.24, 2.45) is 0 Å². The van der Waals surface area contributed by atoms with Crippen LogP contribution in [0, 0.1) is 0 Å². The van der Waals surface area contributed by atoms with Crippen molar-refractivity contribution in [1.29, 1.82) is 0 Å². The molecule has 0 radical (unpaired) electrons. The number of pyridine rings is 2. The maximum Gasteiger partial charge on any atom is 0.414 e. The van der Waals surface area contributed by atoms with Gasteiger partial charge in [0.2, 0.25) is 5.88 Å². The van der Waals surface area contributed by atoms with E-state index in [4.69, 9.17) is 23.7 Å². The number of fused-ring (bicyclic) bond motifs is 2. The van der Waals surface area contributed by atoms with Crippen molar-refractivity contribution in [3.05, 3.63) is 48.2 Å². The molecular weight excluding hydrogens is 504 g/mol. The molecule has 1 amide bonds. The zero-order chi connectivity index (χ0) is 27.2. The van der Waals surface area contributed by atoms with Gasteiger partial charge in [-0.15, -0.1) is 0 Å². The van der Waals surface area contributed by atoms with Crippen LogP contribution in [0.15, 0.2) is 42.6 Å². The number of methoxy groups -OCH3 is 2. The van der Waals surface area contributed by atoms with Gasteiger partial charge in [0.1, 0.15) is 19.3 Å². The Morgan fingerprint density at radius 3 is 2.77 bits per heavy atom. The number of rotatable bonds is 11. The summed E-state index contributed by atoms with van der Waals surface area (Å²) in [5.74, 6) is 1.55. The number of hydrogen-bond donors (Lipinski definition) is 0. The Labute approximate surface area is 226 Å². The summed E-state index contributed by atoms with van der Waals surface area (Å²) >= 11 is 0. The summed E-state index contributed by atoms with van der Waals surface area (Å²) < 4.78 is 27.1. The fourth-order valence-corrected chi connectivity index (χ4v) is 4.83. The zero-order valence-electron chi connectivity index (χ0n) is 22.1. The van der Waals surface area contributed by atoms with Crippen LogP contribution in [0.25, 0.3) is 11.0 Å². The largest absolute Gasteiger partial charge is 0.486 e. The van der Waals surface area contributed by atoms with Crippen LogP contribution in [-0.2, 0) is 20.7 Å². The van der Waals surface area contributed by atoms with E-state index in [-0.39, 0.29) is 18.5 Å². The molecule has 0 N–H and O–H groups in total. The second-order valence-corrected chi connectivity index (χ2v) is 9.37. The maximum absolute atomic E-state index is 12.7. The van der Waals surface area contributed by atoms with Crippen LogP contribution in [-0.4, -0.2) is 86.6 Å². The average Bonchev–Trinajstić information content (AvgIpc) is 3.34. The molecule has 11 nitrogen and oxygen atoms in total. The molecule has 2 aliphatic rings. The van der Waals surface area contributed by atoms with Gasteiger partial charge >= 0.3 is 12.1 Å². The minimum atomic E-state index is -0.409. The highest BCUT2D eigenvalue weighted by molar-refractivity contribution is 5.90. The van der Waals surface area contributed by atoms with Gasteiger partial charge in [-0.1, -0.05) is 0 Å². The van der Waals surface area contributed by atoms with Crippen LogP contribution >= 0.6 is 0 Å². The number of aromatic nitrogens is 2. The predicted octanol–water partition coefficient (Wildman–Crippen LogP) is 3.23. The summed E-state index contributed by atoms with van der Waals surface area (Å²) in [4.78, 5) is 37.3. The molecule has 0 bridgehead atoms. The molecular formula is C28H32N4O7. The Morgan fingerprint density at radius 2 is 1.95 bits per heavy atom. The highest BCUT2D eigenvalue weighted by atomic mass is 16.6. The SMILES string of the molecule is COC(=O)CCN(CCCc1ccnc2ccc(OC)nc12)C[C@@H]1CN(c2ccc3c(c2)OCCO3)C(=O)O1. The van der Waals surface area contributed by atoms with Crippen molar-refractivity contribution in [3.63, 3.8) is 0 Å². The second kappa shape index (κ2) is 12.2. The molecule has 3 aromatic rings. The number of aryl methyl sites for hydroxylation is 1. The average molecular weight is 537 g/mol. The summed E-state index contributed by atoms with van der Waals surface area (Å²) in [7, 11) is 2.97. The van der Waals surface area contributed by atoms with Crippen molar-refractivity contribution in [3.8, 4) is 17.4 Å². The van der Waals surface area contributed by atoms with Crippen molar-refractivity contribution in [2.75, 3.05) is 58.5 Å². The van der Waals surface area contributed by atoms with E-state index >= 15 is 0 Å². The Hall–Kier alpha value is -4.12. The lowest BCUT2D eigenvalue weighted by molar-refractivity contribution is -0.141. The van der Waals surface area contributed by atoms with Gasteiger partial charge in [-0.3, -0.25) is 19.6 Å². The highest BCUT2D eigenvalue weighted by Crippen LogP contribution is 2.35. The first kappa shape index (κ1) is 26.5. The zero-order valence-corrected chi connectivity index (χ0v) is 22.1. The smallest absolute Gasteiger partial charge is 0.414 e. The molecule has 1 saturated heterocycles. The Balaban J connectivity index is 1.23. The van der Waals surface area contributed by atoms with Crippen molar-refractivity contribution >= 4 is 28.8 Å². The minimum Gasteiger partial charge on any atom is -0.486 e. The maximum atomic E-state index is 12.7. The molecule has 5 rings (SSSR count). The molecule has 39 heavy (non-hydrogen) atoms. The second-order valence-electron chi connectivity index (χ2n) is 9.37. The van der Waals surface area contributed by atoms with E-state index in [0.29, 0.717) is 62.5 Å². The standard InChI is InChI=1S/C28H32N4O7/c1-35-25-8-6-22-27(30-25)19(9-11-29-22)4-3-12-31(13-10-26(33)36-2)17-21-18-32(28(34)39-21)20-5-7-23-24(16-20)38-15-14-37-23/h5-9,11,16,21H,3-4,10,12-15,17-18H2,1-2H3/t21-/m1/s1. The van der Waals surface area contributed by atoms with E-state index in [0.717, 1.165) is 29.4 Å². The van der Waals surface area contributed by atoms with Crippen molar-refractivity contribution in [1.82, 2.24) is 14.9 Å². The topological polar surface area (TPSA) is 113 Å². The fourth-order valence-electron chi connectivity index (χ4n) is 4.83. The van der Waals surface area contributed by atoms with Gasteiger partial charge in [0, 0.05) is 31.4 Å². The molecule has 11 heteroatoms. The number of carbonyl (C=O) groups is 2. The Kier molecular flexibility index (Phi) is 8.26. The van der Waals surface area contributed by atoms with E-state index in [9.17, 15) is 9.59 Å². The highest BCUT2D eigenvalue weighted by Gasteiger charge is 2.34. The van der Waals surface area contributed by atoms with Crippen LogP contribution in [0.4, 0.5) is 10.5 Å². The molecule has 206 valence electrons. The Morgan fingerprint density at radius 1 is 1.10 bits per heavy atom. The normalized spacial score (nSPS) is 16.4. The quantitative estimate of drug-likeness (QED) is 0.339. The molecule has 4 heterocycles. The van der Waals surface area contributed by atoms with Crippen LogP contribution in [0.1, 0.15) is 18.4 Å². The number of benzene rings is 1. The number of ether oxygens (including phenoxy) is 5. The molecule has 2 aliphatic heterocycles. The molecule has 0 saturated carbocycles. The van der Waals surface area contributed by atoms with Crippen molar-refractivity contribution < 1.29 is 33.3 Å². The Bertz CT molecular complexity index is 1330. The number of carbonyl (C=O) groups excluding carboxylic acids is 2. The van der Waals surface area contributed by atoms with Gasteiger partial charge in [0.25, 0.3) is 0 Å². The number of anilines is 1. The van der Waals surface area contributed by atoms with Gasteiger partial charge in [-0.25, -0.2) is 9.78 Å². The minimum absolute atomic E-state index is 0.250. The number of esters is 1. The van der Waals surface area contributed by atoms with Crippen LogP contribution in [0.2, 0.25) is 0 Å². The van der Waals surface area contributed by atoms with Crippen molar-refractivity contribution in [2.45, 2.75) is 25.4 Å². The first-order valence-electron chi connectivity index (χ1n) is 13.0. The van der Waals surface area contributed by atoms with Gasteiger partial charge in [0.15, 0.2) is 11.5 Å². The summed E-state index contributed by atoms with van der Waals surface area (Å²) in [5.41, 5.74) is 3.40. The molecule has 0 spiro atoms. The number of hydrogen-bond acceptors (Lipinski definition) is 10. The molecule has 0 aliphatic carbocycles. The summed E-state index contributed by atoms with van der Waals surface area (Å²) in [5, 5.41) is 0. The van der Waals surface area contributed by atoms with E-state index in [1.807, 2.05) is 18.2 Å². The third-order valence-corrected chi connectivity index (χ3v) is 6.80. The lowest BCUT2D eigenvalue weighted by Gasteiger charge is -2.24. The first-order valence-corrected chi connectivity index (χ1v) is 13.0. The third kappa shape index (κ3) is 6.31. The molecule has 1 atom stereocenters.